The van der Waals surface area contributed by atoms with Gasteiger partial charge in [0.2, 0.25) is 0 Å². The Labute approximate surface area is 42.0 Å². The quantitative estimate of drug-likeness (QED) is 0.472. The van der Waals surface area contributed by atoms with Gasteiger partial charge in [-0.3, -0.25) is 0 Å². The maximum absolute atomic E-state index is 11.3. The zero-order valence-electron chi connectivity index (χ0n) is 3.70. The van der Waals surface area contributed by atoms with Crippen molar-refractivity contribution in [2.45, 2.75) is 12.8 Å². The van der Waals surface area contributed by atoms with Gasteiger partial charge < -0.3 is 4.43 Å². The van der Waals surface area contributed by atoms with Crippen LogP contribution in [0.15, 0.2) is 0 Å². The van der Waals surface area contributed by atoms with Crippen molar-refractivity contribution in [1.29, 1.82) is 0 Å². The van der Waals surface area contributed by atoms with Crippen LogP contribution in [-0.4, -0.2) is 23.3 Å². The molecule has 44 valence electrons. The molecule has 0 spiro atoms. The van der Waals surface area contributed by atoms with Crippen molar-refractivity contribution >= 4 is 10.5 Å². The minimum Gasteiger partial charge on any atom is -0.396 e. The maximum atomic E-state index is 11.3. The average Bonchev–Trinajstić information content (AvgIpc) is 1.65. The van der Waals surface area contributed by atoms with Gasteiger partial charge in [0.05, 0.1) is 0 Å². The third-order valence-electron chi connectivity index (χ3n) is 0.423. The van der Waals surface area contributed by atoms with Gasteiger partial charge in [-0.1, -0.05) is 0 Å². The Kier molecular flexibility index (Phi) is 3.02. The average molecular weight is 130 g/mol. The largest absolute Gasteiger partial charge is 0.396 e. The fraction of sp³-hybridized carbons (Fsp3) is 1.00. The van der Waals surface area contributed by atoms with Crippen LogP contribution in [0.1, 0.15) is 0 Å². The Morgan fingerprint density at radius 2 is 1.71 bits per heavy atom. The van der Waals surface area contributed by atoms with E-state index in [1.54, 1.807) is 0 Å². The van der Waals surface area contributed by atoms with Gasteiger partial charge in [-0.2, -0.15) is 0 Å². The molecule has 0 bridgehead atoms. The van der Waals surface area contributed by atoms with Crippen molar-refractivity contribution in [2.75, 3.05) is 0 Å². The molecular formula is C2H5F3OSi. The standard InChI is InChI=1S/C2H5F3OSi/c3-1(4)2(5)6-7/h1-2H,7H3. The van der Waals surface area contributed by atoms with E-state index in [1.807, 2.05) is 0 Å². The van der Waals surface area contributed by atoms with Crippen LogP contribution < -0.4 is 0 Å². The first-order valence-corrected chi connectivity index (χ1v) is 2.45. The van der Waals surface area contributed by atoms with Crippen molar-refractivity contribution in [3.63, 3.8) is 0 Å². The number of hydrogen-bond acceptors (Lipinski definition) is 1. The summed E-state index contributed by atoms with van der Waals surface area (Å²) in [7, 11) is 0.0157. The fourth-order valence-electron chi connectivity index (χ4n) is 0.103. The number of rotatable bonds is 2. The van der Waals surface area contributed by atoms with E-state index in [-0.39, 0.29) is 10.5 Å². The molecule has 0 saturated carbocycles. The zero-order valence-corrected chi connectivity index (χ0v) is 5.70. The molecule has 5 heteroatoms. The van der Waals surface area contributed by atoms with Crippen LogP contribution >= 0.6 is 0 Å². The predicted octanol–water partition coefficient (Wildman–Crippen LogP) is -0.156. The highest BCUT2D eigenvalue weighted by molar-refractivity contribution is 5.98. The molecule has 0 radical (unpaired) electrons. The number of alkyl halides is 3. The first kappa shape index (κ1) is 6.97. The summed E-state index contributed by atoms with van der Waals surface area (Å²) in [5.74, 6) is 0. The molecule has 0 aliphatic rings. The lowest BCUT2D eigenvalue weighted by molar-refractivity contribution is -0.0633. The Morgan fingerprint density at radius 1 is 1.29 bits per heavy atom. The molecule has 0 aliphatic heterocycles. The summed E-state index contributed by atoms with van der Waals surface area (Å²) in [5, 5.41) is 0. The van der Waals surface area contributed by atoms with Crippen molar-refractivity contribution in [3.8, 4) is 0 Å². The van der Waals surface area contributed by atoms with Gasteiger partial charge >= 0.3 is 0 Å². The van der Waals surface area contributed by atoms with Gasteiger partial charge in [-0.25, -0.2) is 13.2 Å². The molecule has 0 aromatic carbocycles. The summed E-state index contributed by atoms with van der Waals surface area (Å²) in [4.78, 5) is 0. The zero-order chi connectivity index (χ0) is 5.86. The van der Waals surface area contributed by atoms with Crippen molar-refractivity contribution in [2.24, 2.45) is 0 Å². The molecule has 0 aromatic heterocycles. The van der Waals surface area contributed by atoms with Gasteiger partial charge in [0.25, 0.3) is 12.8 Å². The van der Waals surface area contributed by atoms with Crippen LogP contribution in [0, 0.1) is 0 Å². The summed E-state index contributed by atoms with van der Waals surface area (Å²) < 4.78 is 37.0. The van der Waals surface area contributed by atoms with Crippen molar-refractivity contribution in [1.82, 2.24) is 0 Å². The molecule has 0 fully saturated rings. The highest BCUT2D eigenvalue weighted by atomic mass is 28.2. The van der Waals surface area contributed by atoms with E-state index in [2.05, 4.69) is 4.43 Å². The summed E-state index contributed by atoms with van der Waals surface area (Å²) in [6, 6.07) is 0. The molecule has 0 N–H and O–H groups in total. The second-order valence-corrected chi connectivity index (χ2v) is 1.39. The van der Waals surface area contributed by atoms with Crippen LogP contribution in [0.4, 0.5) is 13.2 Å². The van der Waals surface area contributed by atoms with E-state index in [9.17, 15) is 13.2 Å². The van der Waals surface area contributed by atoms with Crippen LogP contribution in [0.5, 0.6) is 0 Å². The van der Waals surface area contributed by atoms with Crippen molar-refractivity contribution in [3.05, 3.63) is 0 Å². The van der Waals surface area contributed by atoms with Crippen molar-refractivity contribution < 1.29 is 17.6 Å². The summed E-state index contributed by atoms with van der Waals surface area (Å²) >= 11 is 0. The van der Waals surface area contributed by atoms with Gasteiger partial charge in [-0.05, 0) is 0 Å². The summed E-state index contributed by atoms with van der Waals surface area (Å²) in [6.45, 7) is 0. The third-order valence-corrected chi connectivity index (χ3v) is 0.874. The van der Waals surface area contributed by atoms with E-state index in [0.717, 1.165) is 0 Å². The first-order valence-electron chi connectivity index (χ1n) is 1.63. The molecule has 0 rings (SSSR count). The van der Waals surface area contributed by atoms with Crippen LogP contribution in [-0.2, 0) is 4.43 Å². The molecule has 0 heterocycles. The SMILES string of the molecule is FC(F)C(F)O[SiH3]. The molecule has 0 amide bonds. The molecular weight excluding hydrogens is 125 g/mol. The predicted molar refractivity (Wildman–Crippen MR) is 21.9 cm³/mol. The summed E-state index contributed by atoms with van der Waals surface area (Å²) in [6.07, 6.45) is -5.36. The highest BCUT2D eigenvalue weighted by Crippen LogP contribution is 2.03. The van der Waals surface area contributed by atoms with E-state index < -0.39 is 12.8 Å². The topological polar surface area (TPSA) is 9.23 Å². The lowest BCUT2D eigenvalue weighted by atomic mass is 10.7. The Bertz CT molecular complexity index is 50.2. The molecule has 0 aliphatic carbocycles. The van der Waals surface area contributed by atoms with Gasteiger partial charge in [-0.15, -0.1) is 0 Å². The van der Waals surface area contributed by atoms with Gasteiger partial charge in [0.15, 0.2) is 0 Å². The van der Waals surface area contributed by atoms with Crippen LogP contribution in [0.3, 0.4) is 0 Å². The van der Waals surface area contributed by atoms with E-state index in [4.69, 9.17) is 0 Å². The number of halogens is 3. The van der Waals surface area contributed by atoms with E-state index >= 15 is 0 Å². The smallest absolute Gasteiger partial charge is 0.292 e. The lowest BCUT2D eigenvalue weighted by Gasteiger charge is -2.01. The molecule has 1 nitrogen and oxygen atoms in total. The van der Waals surface area contributed by atoms with E-state index in [1.165, 1.54) is 0 Å². The van der Waals surface area contributed by atoms with Crippen LogP contribution in [0.25, 0.3) is 0 Å². The molecule has 1 atom stereocenters. The first-order chi connectivity index (χ1) is 3.18. The van der Waals surface area contributed by atoms with E-state index in [0.29, 0.717) is 0 Å². The summed E-state index contributed by atoms with van der Waals surface area (Å²) in [5.41, 5.74) is 0. The monoisotopic (exact) mass is 130 g/mol. The molecule has 0 aromatic rings. The highest BCUT2D eigenvalue weighted by Gasteiger charge is 2.15. The second-order valence-electron chi connectivity index (χ2n) is 0.921. The lowest BCUT2D eigenvalue weighted by Crippen LogP contribution is -2.13. The minimum atomic E-state index is -2.99. The van der Waals surface area contributed by atoms with Gasteiger partial charge in [0, 0.05) is 0 Å². The van der Waals surface area contributed by atoms with Gasteiger partial charge in [0.1, 0.15) is 10.5 Å². The Morgan fingerprint density at radius 3 is 1.71 bits per heavy atom. The fourth-order valence-corrected chi connectivity index (χ4v) is 0.309. The molecule has 0 saturated heterocycles. The second kappa shape index (κ2) is 3.03. The normalized spacial score (nSPS) is 15.4. The third kappa shape index (κ3) is 2.64. The minimum absolute atomic E-state index is 0.0157. The Balaban J connectivity index is 3.14. The number of hydrogen-bond donors (Lipinski definition) is 0. The van der Waals surface area contributed by atoms with Crippen LogP contribution in [0.2, 0.25) is 0 Å². The molecule has 1 unspecified atom stereocenters. The maximum Gasteiger partial charge on any atom is 0.292 e. The molecule has 7 heavy (non-hydrogen) atoms. The Hall–Kier alpha value is -0.0331.